The van der Waals surface area contributed by atoms with Crippen LogP contribution in [-0.4, -0.2) is 75.0 Å². The molecule has 0 heterocycles. The van der Waals surface area contributed by atoms with Crippen LogP contribution in [-0.2, 0) is 64.4 Å². The molecule has 16 heteroatoms. The number of benzene rings is 2. The van der Waals surface area contributed by atoms with Crippen LogP contribution in [0, 0.1) is 5.92 Å². The summed E-state index contributed by atoms with van der Waals surface area (Å²) >= 11 is 0. The molecule has 0 saturated carbocycles. The van der Waals surface area contributed by atoms with E-state index in [1.807, 2.05) is 60.7 Å². The van der Waals surface area contributed by atoms with Crippen molar-refractivity contribution in [3.05, 3.63) is 71.8 Å². The van der Waals surface area contributed by atoms with Crippen LogP contribution in [0.4, 0.5) is 0 Å². The second-order valence-electron chi connectivity index (χ2n) is 23.4. The molecule has 0 aromatic heterocycles. The third kappa shape index (κ3) is 42.4. The van der Waals surface area contributed by atoms with Crippen molar-refractivity contribution in [2.45, 2.75) is 284 Å². The Morgan fingerprint density at radius 3 is 1.43 bits per heavy atom. The van der Waals surface area contributed by atoms with E-state index in [1.165, 1.54) is 129 Å². The van der Waals surface area contributed by atoms with Gasteiger partial charge in [-0.3, -0.25) is 37.3 Å². The molecule has 3 amide bonds. The number of esters is 1. The van der Waals surface area contributed by atoms with Gasteiger partial charge in [0.1, 0.15) is 12.1 Å². The summed E-state index contributed by atoms with van der Waals surface area (Å²) < 4.78 is 56.4. The Bertz CT molecular complexity index is 1960. The second-order valence-corrected chi connectivity index (χ2v) is 27.8. The lowest BCUT2D eigenvalue weighted by atomic mass is 9.98. The molecule has 14 nitrogen and oxygen atoms in total. The van der Waals surface area contributed by atoms with Gasteiger partial charge in [-0.15, -0.1) is 0 Å². The van der Waals surface area contributed by atoms with E-state index in [2.05, 4.69) is 43.6 Å². The van der Waals surface area contributed by atoms with E-state index in [4.69, 9.17) is 22.8 Å². The zero-order valence-corrected chi connectivity index (χ0v) is 54.0. The molecule has 2 aromatic rings. The van der Waals surface area contributed by atoms with Crippen LogP contribution in [0.25, 0.3) is 0 Å². The number of carbonyl (C=O) groups excluding carboxylic acids is 4. The summed E-state index contributed by atoms with van der Waals surface area (Å²) in [5.41, 5.74) is 1.57. The zero-order chi connectivity index (χ0) is 59.8. The third-order valence-electron chi connectivity index (χ3n) is 14.9. The fraction of sp³-hybridized carbons (Fsp3) is 0.758. The predicted molar refractivity (Wildman–Crippen MR) is 336 cm³/mol. The number of carbonyl (C=O) groups is 4. The number of rotatable bonds is 55. The summed E-state index contributed by atoms with van der Waals surface area (Å²) in [6, 6.07) is 17.0. The number of unbranched alkanes of at least 4 members (excludes halogenated alkanes) is 24. The maximum absolute atomic E-state index is 14.3. The van der Waals surface area contributed by atoms with E-state index in [9.17, 15) is 28.3 Å². The van der Waals surface area contributed by atoms with Crippen LogP contribution >= 0.6 is 15.2 Å². The Balaban J connectivity index is 2.16. The molecule has 2 aromatic carbocycles. The number of hydrogen-bond acceptors (Lipinski definition) is 11. The minimum atomic E-state index is -4.18. The lowest BCUT2D eigenvalue weighted by Crippen LogP contribution is -2.48. The number of phosphoric ester groups is 1. The first-order valence-electron chi connectivity index (χ1n) is 32.5. The van der Waals surface area contributed by atoms with Crippen LogP contribution < -0.4 is 16.0 Å². The smallest absolute Gasteiger partial charge is 0.462 e. The summed E-state index contributed by atoms with van der Waals surface area (Å²) in [5, 5.41) is 8.98. The first-order chi connectivity index (χ1) is 39.6. The van der Waals surface area contributed by atoms with E-state index >= 15 is 0 Å². The van der Waals surface area contributed by atoms with Gasteiger partial charge in [-0.2, -0.15) is 0 Å². The van der Waals surface area contributed by atoms with E-state index < -0.39 is 45.2 Å². The third-order valence-corrected chi connectivity index (χ3v) is 17.1. The Morgan fingerprint density at radius 2 is 0.939 bits per heavy atom. The summed E-state index contributed by atoms with van der Waals surface area (Å²) in [6.07, 6.45) is 33.8. The van der Waals surface area contributed by atoms with Gasteiger partial charge in [-0.25, -0.2) is 4.57 Å². The highest BCUT2D eigenvalue weighted by Gasteiger charge is 2.30. The van der Waals surface area contributed by atoms with Crippen molar-refractivity contribution in [3.63, 3.8) is 0 Å². The lowest BCUT2D eigenvalue weighted by molar-refractivity contribution is -0.151. The van der Waals surface area contributed by atoms with Crippen molar-refractivity contribution in [2.75, 3.05) is 33.1 Å². The van der Waals surface area contributed by atoms with Gasteiger partial charge >= 0.3 is 13.8 Å². The van der Waals surface area contributed by atoms with Crippen molar-refractivity contribution in [2.24, 2.45) is 5.92 Å². The number of amides is 3. The molecule has 0 aliphatic heterocycles. The van der Waals surface area contributed by atoms with Crippen molar-refractivity contribution < 1.29 is 51.1 Å². The minimum absolute atomic E-state index is 0.0202. The second kappa shape index (κ2) is 48.8. The molecule has 2 rings (SSSR count). The quantitative estimate of drug-likeness (QED) is 0.0325. The molecule has 0 bridgehead atoms. The number of nitrogens with one attached hydrogen (secondary N) is 3. The van der Waals surface area contributed by atoms with Gasteiger partial charge < -0.3 is 25.2 Å². The SMILES string of the molecule is CCCCCCCCCCCC(=O)O[C@H](CCCCCCCCCCC)CC(=O)N[C@@H](CCOP(C)(C)=O)C(=O)NCCC[C@H](COP(=O)(OCc1ccccc1)OCc1ccccc1)NC(=O)C[C@H](C)CCCCCCCCCCC. The van der Waals surface area contributed by atoms with Crippen molar-refractivity contribution in [1.82, 2.24) is 16.0 Å². The maximum Gasteiger partial charge on any atom is 0.475 e. The van der Waals surface area contributed by atoms with Crippen LogP contribution in [0.1, 0.15) is 264 Å². The molecule has 0 aliphatic rings. The molecule has 0 aliphatic carbocycles. The fourth-order valence-electron chi connectivity index (χ4n) is 9.97. The van der Waals surface area contributed by atoms with Crippen molar-refractivity contribution in [3.8, 4) is 0 Å². The Kier molecular flexibility index (Phi) is 44.5. The Labute approximate surface area is 498 Å². The van der Waals surface area contributed by atoms with Crippen LogP contribution in [0.3, 0.4) is 0 Å². The van der Waals surface area contributed by atoms with E-state index in [0.29, 0.717) is 32.1 Å². The van der Waals surface area contributed by atoms with E-state index in [-0.39, 0.29) is 63.6 Å². The van der Waals surface area contributed by atoms with Crippen LogP contribution in [0.15, 0.2) is 60.7 Å². The largest absolute Gasteiger partial charge is 0.475 e. The number of phosphoric acid groups is 1. The van der Waals surface area contributed by atoms with Gasteiger partial charge in [0.2, 0.25) is 17.7 Å². The Morgan fingerprint density at radius 1 is 0.488 bits per heavy atom. The highest BCUT2D eigenvalue weighted by molar-refractivity contribution is 7.57. The molecule has 0 unspecified atom stereocenters. The van der Waals surface area contributed by atoms with Gasteiger partial charge in [0.25, 0.3) is 0 Å². The molecule has 470 valence electrons. The first-order valence-corrected chi connectivity index (χ1v) is 36.5. The number of ether oxygens (including phenoxy) is 1. The summed E-state index contributed by atoms with van der Waals surface area (Å²) in [7, 11) is -7.07. The van der Waals surface area contributed by atoms with Gasteiger partial charge in [0, 0.05) is 39.1 Å². The molecule has 4 atom stereocenters. The number of hydrogen-bond donors (Lipinski definition) is 3. The average molecular weight is 1190 g/mol. The monoisotopic (exact) mass is 1190 g/mol. The van der Waals surface area contributed by atoms with Gasteiger partial charge in [-0.1, -0.05) is 255 Å². The van der Waals surface area contributed by atoms with Gasteiger partial charge in [0.15, 0.2) is 7.37 Å². The van der Waals surface area contributed by atoms with Crippen molar-refractivity contribution in [1.29, 1.82) is 0 Å². The maximum atomic E-state index is 14.3. The molecule has 0 fully saturated rings. The highest BCUT2D eigenvalue weighted by atomic mass is 31.2. The normalized spacial score (nSPS) is 13.3. The minimum Gasteiger partial charge on any atom is -0.462 e. The highest BCUT2D eigenvalue weighted by Crippen LogP contribution is 2.51. The lowest BCUT2D eigenvalue weighted by Gasteiger charge is -2.24. The average Bonchev–Trinajstić information content (AvgIpc) is 3.45. The molecule has 0 spiro atoms. The molecule has 0 saturated heterocycles. The zero-order valence-electron chi connectivity index (χ0n) is 52.3. The Hall–Kier alpha value is -3.38. The molecule has 3 N–H and O–H groups in total. The topological polar surface area (TPSA) is 185 Å². The first kappa shape index (κ1) is 74.7. The molecule has 82 heavy (non-hydrogen) atoms. The van der Waals surface area contributed by atoms with Gasteiger partial charge in [-0.05, 0) is 49.1 Å². The van der Waals surface area contributed by atoms with E-state index in [1.54, 1.807) is 0 Å². The van der Waals surface area contributed by atoms with Crippen LogP contribution in [0.5, 0.6) is 0 Å². The molecule has 0 radical (unpaired) electrons. The predicted octanol–water partition coefficient (Wildman–Crippen LogP) is 17.4. The fourth-order valence-corrected chi connectivity index (χ4v) is 11.7. The molecular weight excluding hydrogens is 1070 g/mol. The summed E-state index contributed by atoms with van der Waals surface area (Å²) in [5.74, 6) is -1.16. The molecular formula is C66H115N3O11P2. The van der Waals surface area contributed by atoms with E-state index in [0.717, 1.165) is 75.3 Å². The van der Waals surface area contributed by atoms with Gasteiger partial charge in [0.05, 0.1) is 38.9 Å². The summed E-state index contributed by atoms with van der Waals surface area (Å²) in [6.45, 7) is 11.7. The standard InChI is InChI=1S/C66H115N3O11P2/c1-7-10-13-16-19-22-25-28-33-41-57(4)52-63(70)68-60(56-79-82(75,77-54-58-42-34-31-35-43-58)78-55-59-44-36-32-37-45-59)46-40-50-67-66(73)62(49-51-76-81(5,6)74)69-64(71)53-61(47-38-29-26-23-20-17-14-11-8-2)80-65(72)48-39-30-27-24-21-18-15-12-9-3/h31-32,34-37,42-45,57,60-62H,7-30,33,38-41,46-56H2,1-6H3,(H,67,73)(H,68,70)(H,69,71)/t57-,60-,61-,62+/m1/s1. The van der Waals surface area contributed by atoms with Crippen LogP contribution in [0.2, 0.25) is 0 Å². The van der Waals surface area contributed by atoms with Crippen molar-refractivity contribution >= 4 is 38.9 Å². The summed E-state index contributed by atoms with van der Waals surface area (Å²) in [4.78, 5) is 54.8.